The Balaban J connectivity index is 1.75. The summed E-state index contributed by atoms with van der Waals surface area (Å²) in [7, 11) is 1.65. The number of imidazole rings is 1. The van der Waals surface area contributed by atoms with Crippen LogP contribution in [0, 0.1) is 18.3 Å². The maximum atomic E-state index is 12.6. The molecule has 0 spiro atoms. The van der Waals surface area contributed by atoms with Crippen LogP contribution in [0.2, 0.25) is 0 Å². The van der Waals surface area contributed by atoms with Gasteiger partial charge in [0.2, 0.25) is 12.7 Å². The molecule has 3 aromatic rings. The molecule has 0 unspecified atom stereocenters. The minimum atomic E-state index is -0.274. The number of nitriles is 1. The third-order valence-corrected chi connectivity index (χ3v) is 4.61. The first-order valence-corrected chi connectivity index (χ1v) is 8.66. The van der Waals surface area contributed by atoms with Crippen LogP contribution in [0.4, 0.5) is 11.6 Å². The van der Waals surface area contributed by atoms with Crippen LogP contribution in [-0.4, -0.2) is 25.9 Å². The van der Waals surface area contributed by atoms with E-state index in [4.69, 9.17) is 14.7 Å². The van der Waals surface area contributed by atoms with E-state index in [2.05, 4.69) is 27.9 Å². The van der Waals surface area contributed by atoms with Crippen LogP contribution in [0.3, 0.4) is 0 Å². The van der Waals surface area contributed by atoms with Gasteiger partial charge in [-0.05, 0) is 18.6 Å². The molecule has 0 amide bonds. The van der Waals surface area contributed by atoms with Crippen LogP contribution in [0.15, 0.2) is 29.7 Å². The van der Waals surface area contributed by atoms with Crippen molar-refractivity contribution in [3.05, 3.63) is 41.0 Å². The summed E-state index contributed by atoms with van der Waals surface area (Å²) in [6, 6.07) is 5.77. The lowest BCUT2D eigenvalue weighted by molar-refractivity contribution is 0.174. The lowest BCUT2D eigenvalue weighted by Gasteiger charge is -2.10. The van der Waals surface area contributed by atoms with E-state index in [9.17, 15) is 4.79 Å². The zero-order valence-electron chi connectivity index (χ0n) is 15.5. The summed E-state index contributed by atoms with van der Waals surface area (Å²) in [4.78, 5) is 21.5. The topological polar surface area (TPSA) is 107 Å². The lowest BCUT2D eigenvalue weighted by atomic mass is 10.2. The molecule has 0 aliphatic carbocycles. The van der Waals surface area contributed by atoms with E-state index >= 15 is 0 Å². The molecule has 0 radical (unpaired) electrons. The van der Waals surface area contributed by atoms with E-state index in [1.807, 2.05) is 19.1 Å². The van der Waals surface area contributed by atoms with Crippen LogP contribution in [0.1, 0.15) is 18.4 Å². The normalized spacial score (nSPS) is 12.2. The Labute approximate surface area is 160 Å². The van der Waals surface area contributed by atoms with E-state index < -0.39 is 0 Å². The second-order valence-corrected chi connectivity index (χ2v) is 6.45. The molecule has 142 valence electrons. The van der Waals surface area contributed by atoms with Crippen LogP contribution < -0.4 is 20.5 Å². The fourth-order valence-corrected chi connectivity index (χ4v) is 3.07. The van der Waals surface area contributed by atoms with Crippen molar-refractivity contribution in [2.75, 3.05) is 12.1 Å². The Kier molecular flexibility index (Phi) is 4.24. The molecule has 0 fully saturated rings. The van der Waals surface area contributed by atoms with E-state index in [1.54, 1.807) is 13.2 Å². The Hall–Kier alpha value is -3.80. The number of benzene rings is 1. The van der Waals surface area contributed by atoms with E-state index in [-0.39, 0.29) is 18.9 Å². The van der Waals surface area contributed by atoms with Crippen LogP contribution in [0.5, 0.6) is 11.5 Å². The van der Waals surface area contributed by atoms with Gasteiger partial charge in [-0.2, -0.15) is 10.2 Å². The van der Waals surface area contributed by atoms with Crippen LogP contribution in [0.25, 0.3) is 16.9 Å². The number of aromatic nitrogens is 4. The average Bonchev–Trinajstić information content (AvgIpc) is 3.22. The largest absolute Gasteiger partial charge is 0.454 e. The van der Waals surface area contributed by atoms with Crippen LogP contribution in [-0.2, 0) is 7.05 Å². The highest BCUT2D eigenvalue weighted by Crippen LogP contribution is 2.37. The van der Waals surface area contributed by atoms with Gasteiger partial charge in [0, 0.05) is 37.3 Å². The summed E-state index contributed by atoms with van der Waals surface area (Å²) in [5.74, 6) is 1.68. The molecular weight excluding hydrogens is 360 g/mol. The number of aryl methyl sites for hydroxylation is 2. The van der Waals surface area contributed by atoms with Crippen molar-refractivity contribution in [2.45, 2.75) is 19.8 Å². The Morgan fingerprint density at radius 2 is 2.14 bits per heavy atom. The van der Waals surface area contributed by atoms with Crippen molar-refractivity contribution >= 4 is 28.5 Å². The zero-order chi connectivity index (χ0) is 19.8. The predicted octanol–water partition coefficient (Wildman–Crippen LogP) is 2.69. The average molecular weight is 378 g/mol. The van der Waals surface area contributed by atoms with Gasteiger partial charge in [0.1, 0.15) is 5.52 Å². The van der Waals surface area contributed by atoms with Crippen molar-refractivity contribution in [1.29, 1.82) is 5.26 Å². The van der Waals surface area contributed by atoms with Gasteiger partial charge in [-0.15, -0.1) is 0 Å². The molecule has 1 N–H and O–H groups in total. The minimum Gasteiger partial charge on any atom is -0.454 e. The van der Waals surface area contributed by atoms with Gasteiger partial charge in [0.15, 0.2) is 17.1 Å². The first kappa shape index (κ1) is 17.6. The van der Waals surface area contributed by atoms with Crippen molar-refractivity contribution in [3.8, 4) is 17.6 Å². The molecule has 2 aromatic heterocycles. The highest BCUT2D eigenvalue weighted by atomic mass is 16.7. The van der Waals surface area contributed by atoms with E-state index in [1.165, 1.54) is 9.13 Å². The molecule has 0 saturated heterocycles. The second kappa shape index (κ2) is 6.74. The molecule has 9 nitrogen and oxygen atoms in total. The molecule has 0 bridgehead atoms. The minimum absolute atomic E-state index is 0.196. The number of anilines is 2. The molecule has 0 saturated carbocycles. The number of ether oxygens (including phenoxy) is 2. The molecule has 1 aromatic carbocycles. The summed E-state index contributed by atoms with van der Waals surface area (Å²) in [6.07, 6.45) is 2.24. The lowest BCUT2D eigenvalue weighted by Crippen LogP contribution is -2.21. The number of hydrogen-bond donors (Lipinski definition) is 1. The van der Waals surface area contributed by atoms with Gasteiger partial charge in [-0.3, -0.25) is 4.57 Å². The van der Waals surface area contributed by atoms with Gasteiger partial charge in [0.25, 0.3) is 0 Å². The van der Waals surface area contributed by atoms with Gasteiger partial charge >= 0.3 is 5.69 Å². The third kappa shape index (κ3) is 2.85. The maximum absolute atomic E-state index is 12.6. The number of allylic oxidation sites excluding steroid dienone is 1. The molecule has 9 heteroatoms. The summed E-state index contributed by atoms with van der Waals surface area (Å²) in [5, 5.41) is 12.0. The summed E-state index contributed by atoms with van der Waals surface area (Å²) in [5.41, 5.74) is 2.97. The maximum Gasteiger partial charge on any atom is 0.334 e. The summed E-state index contributed by atoms with van der Waals surface area (Å²) in [6.45, 7) is 6.07. The van der Waals surface area contributed by atoms with Gasteiger partial charge < -0.3 is 14.8 Å². The molecule has 28 heavy (non-hydrogen) atoms. The van der Waals surface area contributed by atoms with Gasteiger partial charge in [-0.25, -0.2) is 14.3 Å². The standard InChI is InChI=1S/C19H18N6O3/c1-11-7-15-16(28-10-27-15)8-13(11)22-18-21-9-14-17(23-18)25(19(26)24(14)3)12(2)5-4-6-20/h7-9H,2,4-5,10H2,1,3H3,(H,21,22,23). The van der Waals surface area contributed by atoms with E-state index in [0.717, 1.165) is 11.3 Å². The molecule has 4 rings (SSSR count). The summed E-state index contributed by atoms with van der Waals surface area (Å²) >= 11 is 0. The predicted molar refractivity (Wildman–Crippen MR) is 104 cm³/mol. The highest BCUT2D eigenvalue weighted by molar-refractivity contribution is 5.77. The molecule has 3 heterocycles. The van der Waals surface area contributed by atoms with Crippen molar-refractivity contribution in [1.82, 2.24) is 19.1 Å². The third-order valence-electron chi connectivity index (χ3n) is 4.61. The fraction of sp³-hybridized carbons (Fsp3) is 0.263. The SMILES string of the molecule is C=C(CCC#N)n1c(=O)n(C)c2cnc(Nc3cc4c(cc3C)OCO4)nc21. The fourth-order valence-electron chi connectivity index (χ4n) is 3.07. The first-order chi connectivity index (χ1) is 13.5. The number of fused-ring (bicyclic) bond motifs is 2. The molecule has 1 aliphatic heterocycles. The van der Waals surface area contributed by atoms with Crippen molar-refractivity contribution in [3.63, 3.8) is 0 Å². The monoisotopic (exact) mass is 378 g/mol. The number of rotatable bonds is 5. The van der Waals surface area contributed by atoms with Crippen molar-refractivity contribution in [2.24, 2.45) is 7.05 Å². The van der Waals surface area contributed by atoms with Gasteiger partial charge in [0.05, 0.1) is 12.3 Å². The molecular formula is C19H18N6O3. The number of nitrogens with one attached hydrogen (secondary N) is 1. The van der Waals surface area contributed by atoms with Gasteiger partial charge in [-0.1, -0.05) is 6.58 Å². The van der Waals surface area contributed by atoms with Crippen molar-refractivity contribution < 1.29 is 9.47 Å². The zero-order valence-corrected chi connectivity index (χ0v) is 15.5. The first-order valence-electron chi connectivity index (χ1n) is 8.66. The Morgan fingerprint density at radius 3 is 2.89 bits per heavy atom. The quantitative estimate of drug-likeness (QED) is 0.727. The molecule has 0 atom stereocenters. The Morgan fingerprint density at radius 1 is 1.39 bits per heavy atom. The van der Waals surface area contributed by atoms with E-state index in [0.29, 0.717) is 40.7 Å². The molecule has 1 aliphatic rings. The highest BCUT2D eigenvalue weighted by Gasteiger charge is 2.18. The summed E-state index contributed by atoms with van der Waals surface area (Å²) < 4.78 is 13.7. The second-order valence-electron chi connectivity index (χ2n) is 6.45. The van der Waals surface area contributed by atoms with Crippen LogP contribution >= 0.6 is 0 Å². The number of hydrogen-bond acceptors (Lipinski definition) is 7. The number of nitrogens with zero attached hydrogens (tertiary/aromatic N) is 5. The smallest absolute Gasteiger partial charge is 0.334 e. The Bertz CT molecular complexity index is 1200.